The first kappa shape index (κ1) is 25.5. The van der Waals surface area contributed by atoms with Crippen molar-refractivity contribution in [2.75, 3.05) is 25.0 Å². The Morgan fingerprint density at radius 2 is 1.74 bits per heavy atom. The highest BCUT2D eigenvalue weighted by Crippen LogP contribution is 2.25. The van der Waals surface area contributed by atoms with Crippen molar-refractivity contribution in [1.82, 2.24) is 9.21 Å². The van der Waals surface area contributed by atoms with Crippen LogP contribution in [0, 0.1) is 0 Å². The summed E-state index contributed by atoms with van der Waals surface area (Å²) < 4.78 is 33.7. The van der Waals surface area contributed by atoms with Crippen molar-refractivity contribution < 1.29 is 22.7 Å². The number of hydrogen-bond donors (Lipinski definition) is 1. The summed E-state index contributed by atoms with van der Waals surface area (Å²) in [5.74, 6) is -0.377. The van der Waals surface area contributed by atoms with E-state index >= 15 is 0 Å². The predicted molar refractivity (Wildman–Crippen MR) is 131 cm³/mol. The molecule has 2 aromatic carbocycles. The summed E-state index contributed by atoms with van der Waals surface area (Å²) in [5.41, 5.74) is 0.823. The number of nitrogens with one attached hydrogen (secondary N) is 1. The number of amides is 2. The van der Waals surface area contributed by atoms with Gasteiger partial charge in [-0.1, -0.05) is 36.9 Å². The van der Waals surface area contributed by atoms with Gasteiger partial charge in [0, 0.05) is 25.3 Å². The third-order valence-electron chi connectivity index (χ3n) is 5.33. The fraction of sp³-hybridized carbons (Fsp3) is 0.360. The zero-order valence-electron chi connectivity index (χ0n) is 19.7. The number of sulfonamides is 1. The number of ether oxygens (including phenoxy) is 1. The van der Waals surface area contributed by atoms with Crippen LogP contribution < -0.4 is 5.32 Å². The summed E-state index contributed by atoms with van der Waals surface area (Å²) >= 11 is 0. The highest BCUT2D eigenvalue weighted by Gasteiger charge is 2.38. The molecule has 0 radical (unpaired) electrons. The van der Waals surface area contributed by atoms with Gasteiger partial charge in [-0.2, -0.15) is 4.31 Å². The Labute approximate surface area is 201 Å². The third-order valence-corrected chi connectivity index (χ3v) is 7.21. The minimum absolute atomic E-state index is 0.119. The molecule has 0 aromatic heterocycles. The number of benzene rings is 2. The summed E-state index contributed by atoms with van der Waals surface area (Å²) in [5, 5.41) is 2.60. The van der Waals surface area contributed by atoms with E-state index in [-0.39, 0.29) is 36.5 Å². The molecule has 1 aliphatic rings. The van der Waals surface area contributed by atoms with Gasteiger partial charge < -0.3 is 15.0 Å². The first-order chi connectivity index (χ1) is 16.0. The Hall–Kier alpha value is -3.17. The van der Waals surface area contributed by atoms with Gasteiger partial charge in [0.2, 0.25) is 15.9 Å². The van der Waals surface area contributed by atoms with Crippen molar-refractivity contribution in [1.29, 1.82) is 0 Å². The van der Waals surface area contributed by atoms with Gasteiger partial charge in [-0.25, -0.2) is 13.2 Å². The van der Waals surface area contributed by atoms with E-state index in [0.29, 0.717) is 12.1 Å². The maximum Gasteiger partial charge on any atom is 0.410 e. The molecule has 1 atom stereocenters. The molecule has 1 saturated heterocycles. The summed E-state index contributed by atoms with van der Waals surface area (Å²) in [6.45, 7) is 9.33. The first-order valence-corrected chi connectivity index (χ1v) is 12.5. The van der Waals surface area contributed by atoms with Crippen LogP contribution in [-0.4, -0.2) is 60.9 Å². The topological polar surface area (TPSA) is 96.0 Å². The van der Waals surface area contributed by atoms with Gasteiger partial charge in [0.25, 0.3) is 0 Å². The van der Waals surface area contributed by atoms with E-state index in [1.807, 2.05) is 30.3 Å². The lowest BCUT2D eigenvalue weighted by molar-refractivity contribution is -0.111. The normalized spacial score (nSPS) is 17.1. The molecular weight excluding hydrogens is 454 g/mol. The van der Waals surface area contributed by atoms with Crippen molar-refractivity contribution >= 4 is 27.7 Å². The Morgan fingerprint density at radius 3 is 2.32 bits per heavy atom. The van der Waals surface area contributed by atoms with Crippen LogP contribution in [0.15, 0.2) is 72.1 Å². The van der Waals surface area contributed by atoms with Gasteiger partial charge in [0.05, 0.1) is 10.9 Å². The van der Waals surface area contributed by atoms with Gasteiger partial charge in [0.1, 0.15) is 5.60 Å². The molecule has 2 amide bonds. The van der Waals surface area contributed by atoms with Gasteiger partial charge in [0.15, 0.2) is 0 Å². The Kier molecular flexibility index (Phi) is 7.78. The van der Waals surface area contributed by atoms with Gasteiger partial charge >= 0.3 is 6.09 Å². The average Bonchev–Trinajstić information content (AvgIpc) is 2.79. The number of nitrogens with zero attached hydrogens (tertiary/aromatic N) is 2. The van der Waals surface area contributed by atoms with Crippen molar-refractivity contribution in [2.24, 2.45) is 0 Å². The van der Waals surface area contributed by atoms with Crippen LogP contribution in [0.3, 0.4) is 0 Å². The van der Waals surface area contributed by atoms with E-state index in [1.165, 1.54) is 28.6 Å². The van der Waals surface area contributed by atoms with E-state index in [0.717, 1.165) is 11.6 Å². The number of piperazine rings is 1. The number of carbonyl (C=O) groups excluding carboxylic acids is 2. The highest BCUT2D eigenvalue weighted by atomic mass is 32.2. The fourth-order valence-electron chi connectivity index (χ4n) is 3.72. The molecule has 2 aromatic rings. The zero-order valence-corrected chi connectivity index (χ0v) is 20.5. The maximum absolute atomic E-state index is 13.4. The minimum atomic E-state index is -3.80. The fourth-order valence-corrected chi connectivity index (χ4v) is 5.19. The monoisotopic (exact) mass is 485 g/mol. The molecule has 0 saturated carbocycles. The maximum atomic E-state index is 13.4. The molecule has 0 bridgehead atoms. The molecule has 1 heterocycles. The van der Waals surface area contributed by atoms with Crippen LogP contribution >= 0.6 is 0 Å². The zero-order chi connectivity index (χ0) is 24.9. The molecule has 1 N–H and O–H groups in total. The SMILES string of the molecule is C=CC(=O)Nc1ccc(S(=O)(=O)N2CCN(C(=O)OC(C)(C)C)[C@H](Cc3ccccc3)C2)cc1. The lowest BCUT2D eigenvalue weighted by Gasteiger charge is -2.41. The summed E-state index contributed by atoms with van der Waals surface area (Å²) in [4.78, 5) is 26.1. The van der Waals surface area contributed by atoms with Crippen LogP contribution in [-0.2, 0) is 26.0 Å². The molecule has 1 fully saturated rings. The molecule has 9 heteroatoms. The van der Waals surface area contributed by atoms with Crippen molar-refractivity contribution in [3.8, 4) is 0 Å². The number of rotatable bonds is 6. The van der Waals surface area contributed by atoms with Crippen LogP contribution in [0.4, 0.5) is 10.5 Å². The molecule has 0 unspecified atom stereocenters. The second-order valence-corrected chi connectivity index (χ2v) is 11.0. The second-order valence-electron chi connectivity index (χ2n) is 9.10. The van der Waals surface area contributed by atoms with Gasteiger partial charge in [-0.15, -0.1) is 0 Å². The number of hydrogen-bond acceptors (Lipinski definition) is 5. The Morgan fingerprint density at radius 1 is 1.09 bits per heavy atom. The standard InChI is InChI=1S/C25H31N3O5S/c1-5-23(29)26-20-11-13-22(14-12-20)34(31,32)27-15-16-28(24(30)33-25(2,3)4)21(18-27)17-19-9-7-6-8-10-19/h5-14,21H,1,15-18H2,2-4H3,(H,26,29)/t21-/m1/s1. The average molecular weight is 486 g/mol. The van der Waals surface area contributed by atoms with E-state index in [2.05, 4.69) is 11.9 Å². The van der Waals surface area contributed by atoms with Crippen molar-refractivity contribution in [3.05, 3.63) is 72.8 Å². The van der Waals surface area contributed by atoms with E-state index in [4.69, 9.17) is 4.74 Å². The summed E-state index contributed by atoms with van der Waals surface area (Å²) in [7, 11) is -3.80. The Balaban J connectivity index is 1.82. The molecule has 182 valence electrons. The van der Waals surface area contributed by atoms with Crippen LogP contribution in [0.1, 0.15) is 26.3 Å². The Bertz CT molecular complexity index is 1130. The first-order valence-electron chi connectivity index (χ1n) is 11.1. The second kappa shape index (κ2) is 10.4. The molecule has 0 spiro atoms. The molecule has 3 rings (SSSR count). The van der Waals surface area contributed by atoms with Crippen molar-refractivity contribution in [3.63, 3.8) is 0 Å². The number of carbonyl (C=O) groups is 2. The summed E-state index contributed by atoms with van der Waals surface area (Å²) in [6, 6.07) is 15.3. The van der Waals surface area contributed by atoms with Crippen LogP contribution in [0.25, 0.3) is 0 Å². The molecule has 8 nitrogen and oxygen atoms in total. The largest absolute Gasteiger partial charge is 0.444 e. The summed E-state index contributed by atoms with van der Waals surface area (Å²) in [6.07, 6.45) is 1.19. The van der Waals surface area contributed by atoms with Gasteiger partial charge in [-0.3, -0.25) is 4.79 Å². The van der Waals surface area contributed by atoms with E-state index in [1.54, 1.807) is 25.7 Å². The predicted octanol–water partition coefficient (Wildman–Crippen LogP) is 3.66. The lowest BCUT2D eigenvalue weighted by atomic mass is 10.0. The van der Waals surface area contributed by atoms with Crippen LogP contribution in [0.2, 0.25) is 0 Å². The molecule has 1 aliphatic heterocycles. The van der Waals surface area contributed by atoms with E-state index in [9.17, 15) is 18.0 Å². The smallest absolute Gasteiger partial charge is 0.410 e. The number of anilines is 1. The van der Waals surface area contributed by atoms with E-state index < -0.39 is 21.7 Å². The van der Waals surface area contributed by atoms with Crippen molar-refractivity contribution in [2.45, 2.75) is 43.7 Å². The lowest BCUT2D eigenvalue weighted by Crippen LogP contribution is -2.57. The molecule has 34 heavy (non-hydrogen) atoms. The van der Waals surface area contributed by atoms with Gasteiger partial charge in [-0.05, 0) is 63.1 Å². The molecular formula is C25H31N3O5S. The van der Waals surface area contributed by atoms with Crippen LogP contribution in [0.5, 0.6) is 0 Å². The molecule has 0 aliphatic carbocycles. The quantitative estimate of drug-likeness (QED) is 0.630. The highest BCUT2D eigenvalue weighted by molar-refractivity contribution is 7.89. The minimum Gasteiger partial charge on any atom is -0.444 e. The third kappa shape index (κ3) is 6.45.